The molecule has 1 aromatic heterocycles. The maximum absolute atomic E-state index is 8.79. The van der Waals surface area contributed by atoms with Crippen molar-refractivity contribution < 1.29 is 9.26 Å². The number of ether oxygens (including phenoxy) is 1. The van der Waals surface area contributed by atoms with Crippen LogP contribution >= 0.6 is 0 Å². The summed E-state index contributed by atoms with van der Waals surface area (Å²) < 4.78 is 11.0. The molecule has 0 radical (unpaired) electrons. The van der Waals surface area contributed by atoms with Crippen LogP contribution in [0, 0.1) is 18.3 Å². The van der Waals surface area contributed by atoms with E-state index in [1.165, 1.54) is 0 Å². The van der Waals surface area contributed by atoms with Gasteiger partial charge in [0.1, 0.15) is 12.4 Å². The molecule has 1 aliphatic rings. The van der Waals surface area contributed by atoms with Crippen molar-refractivity contribution in [1.29, 1.82) is 5.26 Å². The van der Waals surface area contributed by atoms with Crippen molar-refractivity contribution in [2.75, 3.05) is 39.3 Å². The fraction of sp³-hybridized carbons (Fsp3) is 0.500. The number of nitriles is 1. The summed E-state index contributed by atoms with van der Waals surface area (Å²) in [5, 5.41) is 12.7. The molecule has 1 atom stereocenters. The molecule has 1 fully saturated rings. The van der Waals surface area contributed by atoms with Crippen molar-refractivity contribution in [2.45, 2.75) is 19.9 Å². The number of aromatic nitrogens is 2. The van der Waals surface area contributed by atoms with Crippen molar-refractivity contribution in [1.82, 2.24) is 19.9 Å². The first kappa shape index (κ1) is 17.4. The molecule has 0 spiro atoms. The number of hydrogen-bond donors (Lipinski definition) is 0. The Labute approximate surface area is 147 Å². The molecule has 1 saturated heterocycles. The van der Waals surface area contributed by atoms with Crippen LogP contribution in [0.15, 0.2) is 28.8 Å². The Bertz CT molecular complexity index is 714. The second kappa shape index (κ2) is 8.10. The van der Waals surface area contributed by atoms with E-state index in [1.54, 1.807) is 12.1 Å². The molecule has 1 unspecified atom stereocenters. The molecule has 0 bridgehead atoms. The minimum Gasteiger partial charge on any atom is -0.492 e. The molecule has 2 heterocycles. The first-order valence-electron chi connectivity index (χ1n) is 8.55. The third kappa shape index (κ3) is 4.56. The second-order valence-corrected chi connectivity index (χ2v) is 6.22. The highest BCUT2D eigenvalue weighted by Crippen LogP contribution is 2.20. The van der Waals surface area contributed by atoms with E-state index in [-0.39, 0.29) is 6.04 Å². The largest absolute Gasteiger partial charge is 0.492 e. The summed E-state index contributed by atoms with van der Waals surface area (Å²) in [5.74, 6) is 2.17. The average Bonchev–Trinajstić information content (AvgIpc) is 3.09. The van der Waals surface area contributed by atoms with Crippen LogP contribution < -0.4 is 4.74 Å². The molecule has 0 aliphatic carbocycles. The van der Waals surface area contributed by atoms with Gasteiger partial charge in [-0.25, -0.2) is 0 Å². The lowest BCUT2D eigenvalue weighted by molar-refractivity contribution is 0.0800. The van der Waals surface area contributed by atoms with Crippen LogP contribution in [-0.2, 0) is 0 Å². The lowest BCUT2D eigenvalue weighted by Crippen LogP contribution is -2.48. The predicted molar refractivity (Wildman–Crippen MR) is 92.1 cm³/mol. The lowest BCUT2D eigenvalue weighted by atomic mass is 10.2. The van der Waals surface area contributed by atoms with Crippen LogP contribution in [0.2, 0.25) is 0 Å². The highest BCUT2D eigenvalue weighted by Gasteiger charge is 2.25. The van der Waals surface area contributed by atoms with Gasteiger partial charge in [0.05, 0.1) is 17.7 Å². The Kier molecular flexibility index (Phi) is 5.64. The number of benzene rings is 1. The van der Waals surface area contributed by atoms with Crippen molar-refractivity contribution in [3.05, 3.63) is 41.5 Å². The Morgan fingerprint density at radius 1 is 1.24 bits per heavy atom. The van der Waals surface area contributed by atoms with Crippen molar-refractivity contribution in [3.8, 4) is 11.8 Å². The van der Waals surface area contributed by atoms with Crippen molar-refractivity contribution in [3.63, 3.8) is 0 Å². The summed E-state index contributed by atoms with van der Waals surface area (Å²) in [6, 6.07) is 9.48. The minimum atomic E-state index is 0.151. The summed E-state index contributed by atoms with van der Waals surface area (Å²) in [4.78, 5) is 9.09. The van der Waals surface area contributed by atoms with Crippen molar-refractivity contribution in [2.24, 2.45) is 0 Å². The summed E-state index contributed by atoms with van der Waals surface area (Å²) in [6.45, 7) is 9.41. The number of rotatable bonds is 6. The third-order valence-electron chi connectivity index (χ3n) is 4.51. The third-order valence-corrected chi connectivity index (χ3v) is 4.51. The zero-order chi connectivity index (χ0) is 17.6. The van der Waals surface area contributed by atoms with Gasteiger partial charge >= 0.3 is 0 Å². The van der Waals surface area contributed by atoms with E-state index in [4.69, 9.17) is 14.5 Å². The zero-order valence-electron chi connectivity index (χ0n) is 14.7. The van der Waals surface area contributed by atoms with E-state index in [9.17, 15) is 0 Å². The predicted octanol–water partition coefficient (Wildman–Crippen LogP) is 2.01. The molecule has 7 heteroatoms. The van der Waals surface area contributed by atoms with Gasteiger partial charge in [-0.1, -0.05) is 5.16 Å². The molecule has 0 N–H and O–H groups in total. The first-order chi connectivity index (χ1) is 12.2. The molecule has 2 aromatic rings. The van der Waals surface area contributed by atoms with Gasteiger partial charge in [-0.2, -0.15) is 10.2 Å². The molecule has 3 rings (SSSR count). The van der Waals surface area contributed by atoms with Gasteiger partial charge < -0.3 is 9.26 Å². The fourth-order valence-corrected chi connectivity index (χ4v) is 2.93. The molecule has 132 valence electrons. The van der Waals surface area contributed by atoms with Crippen LogP contribution in [0.3, 0.4) is 0 Å². The average molecular weight is 341 g/mol. The number of hydrogen-bond acceptors (Lipinski definition) is 7. The van der Waals surface area contributed by atoms with Crippen LogP contribution in [0.25, 0.3) is 0 Å². The quantitative estimate of drug-likeness (QED) is 0.795. The zero-order valence-corrected chi connectivity index (χ0v) is 14.7. The second-order valence-electron chi connectivity index (χ2n) is 6.22. The Morgan fingerprint density at radius 2 is 1.96 bits per heavy atom. The van der Waals surface area contributed by atoms with Gasteiger partial charge in [0.25, 0.3) is 0 Å². The van der Waals surface area contributed by atoms with Gasteiger partial charge in [-0.3, -0.25) is 9.80 Å². The Balaban J connectivity index is 1.39. The number of nitrogens with zero attached hydrogens (tertiary/aromatic N) is 5. The lowest BCUT2D eigenvalue weighted by Gasteiger charge is -2.36. The van der Waals surface area contributed by atoms with Gasteiger partial charge in [-0.15, -0.1) is 0 Å². The van der Waals surface area contributed by atoms with E-state index in [2.05, 4.69) is 32.9 Å². The van der Waals surface area contributed by atoms with Crippen LogP contribution in [0.4, 0.5) is 0 Å². The molecular weight excluding hydrogens is 318 g/mol. The van der Waals surface area contributed by atoms with E-state index >= 15 is 0 Å². The molecule has 7 nitrogen and oxygen atoms in total. The number of aryl methyl sites for hydroxylation is 1. The maximum Gasteiger partial charge on any atom is 0.243 e. The smallest absolute Gasteiger partial charge is 0.243 e. The molecule has 1 aromatic carbocycles. The standard InChI is InChI=1S/C18H23N5O2/c1-14(18-20-15(2)21-25-18)23-9-7-22(8-10-23)11-12-24-17-5-3-16(13-19)4-6-17/h3-6,14H,7-12H2,1-2H3. The van der Waals surface area contributed by atoms with E-state index in [0.717, 1.165) is 38.5 Å². The van der Waals surface area contributed by atoms with Crippen LogP contribution in [-0.4, -0.2) is 59.3 Å². The SMILES string of the molecule is Cc1noc(C(C)N2CCN(CCOc3ccc(C#N)cc3)CC2)n1. The van der Waals surface area contributed by atoms with E-state index in [1.807, 2.05) is 19.1 Å². The van der Waals surface area contributed by atoms with E-state index in [0.29, 0.717) is 23.9 Å². The Morgan fingerprint density at radius 3 is 2.56 bits per heavy atom. The Hall–Kier alpha value is -2.43. The first-order valence-corrected chi connectivity index (χ1v) is 8.55. The van der Waals surface area contributed by atoms with Crippen LogP contribution in [0.1, 0.15) is 30.2 Å². The molecule has 25 heavy (non-hydrogen) atoms. The maximum atomic E-state index is 8.79. The minimum absolute atomic E-state index is 0.151. The highest BCUT2D eigenvalue weighted by molar-refractivity contribution is 5.34. The fourth-order valence-electron chi connectivity index (χ4n) is 2.93. The summed E-state index contributed by atoms with van der Waals surface area (Å²) in [7, 11) is 0. The molecular formula is C18H23N5O2. The van der Waals surface area contributed by atoms with Gasteiger partial charge in [-0.05, 0) is 38.1 Å². The normalized spacial score (nSPS) is 17.2. The molecule has 1 aliphatic heterocycles. The summed E-state index contributed by atoms with van der Waals surface area (Å²) in [6.07, 6.45) is 0. The highest BCUT2D eigenvalue weighted by atomic mass is 16.5. The van der Waals surface area contributed by atoms with E-state index < -0.39 is 0 Å². The van der Waals surface area contributed by atoms with Gasteiger partial charge in [0, 0.05) is 32.7 Å². The van der Waals surface area contributed by atoms with Gasteiger partial charge in [0.15, 0.2) is 5.82 Å². The van der Waals surface area contributed by atoms with Crippen LogP contribution in [0.5, 0.6) is 5.75 Å². The summed E-state index contributed by atoms with van der Waals surface area (Å²) >= 11 is 0. The topological polar surface area (TPSA) is 78.4 Å². The van der Waals surface area contributed by atoms with Crippen molar-refractivity contribution >= 4 is 0 Å². The van der Waals surface area contributed by atoms with Gasteiger partial charge in [0.2, 0.25) is 5.89 Å². The monoisotopic (exact) mass is 341 g/mol. The summed E-state index contributed by atoms with van der Waals surface area (Å²) in [5.41, 5.74) is 0.647. The number of piperazine rings is 1. The molecule has 0 saturated carbocycles. The molecule has 0 amide bonds.